The van der Waals surface area contributed by atoms with Crippen molar-refractivity contribution in [2.24, 2.45) is 0 Å². The first-order valence-electron chi connectivity index (χ1n) is 6.99. The average Bonchev–Trinajstić information content (AvgIpc) is 2.26. The fraction of sp³-hybridized carbons (Fsp3) is 0.529. The van der Waals surface area contributed by atoms with Crippen LogP contribution in [0.15, 0.2) is 12.3 Å². The van der Waals surface area contributed by atoms with Crippen LogP contribution in [-0.4, -0.2) is 9.97 Å². The normalized spacial score (nSPS) is 12.4. The molecule has 0 saturated carbocycles. The minimum absolute atomic E-state index is 0.146. The number of fused-ring (bicyclic) bond motifs is 1. The van der Waals surface area contributed by atoms with E-state index in [0.29, 0.717) is 5.92 Å². The summed E-state index contributed by atoms with van der Waals surface area (Å²) in [5.74, 6) is 1.32. The fourth-order valence-corrected chi connectivity index (χ4v) is 2.66. The van der Waals surface area contributed by atoms with Crippen molar-refractivity contribution >= 4 is 10.9 Å². The Labute approximate surface area is 116 Å². The SMILES string of the molecule is Cc1ncc2c(C)c(C(C)(C)C)cc(C(C)C)c2n1. The van der Waals surface area contributed by atoms with Gasteiger partial charge in [0, 0.05) is 11.6 Å². The number of nitrogens with zero attached hydrogens (tertiary/aromatic N) is 2. The molecule has 0 saturated heterocycles. The highest BCUT2D eigenvalue weighted by Gasteiger charge is 2.21. The predicted octanol–water partition coefficient (Wildman–Crippen LogP) is 4.67. The Kier molecular flexibility index (Phi) is 3.38. The van der Waals surface area contributed by atoms with Gasteiger partial charge in [-0.05, 0) is 41.9 Å². The largest absolute Gasteiger partial charge is 0.241 e. The number of hydrogen-bond donors (Lipinski definition) is 0. The van der Waals surface area contributed by atoms with E-state index >= 15 is 0 Å². The van der Waals surface area contributed by atoms with Gasteiger partial charge in [0.25, 0.3) is 0 Å². The monoisotopic (exact) mass is 256 g/mol. The standard InChI is InChI=1S/C17H24N2/c1-10(2)13-8-15(17(5,6)7)11(3)14-9-18-12(4)19-16(13)14/h8-10H,1-7H3. The van der Waals surface area contributed by atoms with Crippen molar-refractivity contribution in [3.05, 3.63) is 34.8 Å². The smallest absolute Gasteiger partial charge is 0.125 e. The second-order valence-corrected chi connectivity index (χ2v) is 6.72. The van der Waals surface area contributed by atoms with Gasteiger partial charge in [0.05, 0.1) is 5.52 Å². The minimum atomic E-state index is 0.146. The molecule has 0 aliphatic carbocycles. The fourth-order valence-electron chi connectivity index (χ4n) is 2.66. The molecule has 0 aliphatic rings. The van der Waals surface area contributed by atoms with E-state index in [1.165, 1.54) is 22.1 Å². The third-order valence-corrected chi connectivity index (χ3v) is 3.72. The zero-order valence-corrected chi connectivity index (χ0v) is 13.1. The Morgan fingerprint density at radius 2 is 1.74 bits per heavy atom. The van der Waals surface area contributed by atoms with E-state index in [1.807, 2.05) is 13.1 Å². The zero-order chi connectivity index (χ0) is 14.4. The van der Waals surface area contributed by atoms with Crippen LogP contribution in [-0.2, 0) is 5.41 Å². The van der Waals surface area contributed by atoms with Gasteiger partial charge in [-0.25, -0.2) is 9.97 Å². The van der Waals surface area contributed by atoms with Crippen molar-refractivity contribution in [1.82, 2.24) is 9.97 Å². The van der Waals surface area contributed by atoms with Crippen LogP contribution in [0, 0.1) is 13.8 Å². The van der Waals surface area contributed by atoms with Crippen LogP contribution < -0.4 is 0 Å². The molecule has 2 nitrogen and oxygen atoms in total. The first kappa shape index (κ1) is 14.0. The lowest BCUT2D eigenvalue weighted by atomic mass is 9.80. The molecule has 0 spiro atoms. The molecule has 0 aliphatic heterocycles. The third-order valence-electron chi connectivity index (χ3n) is 3.72. The third kappa shape index (κ3) is 2.49. The number of hydrogen-bond acceptors (Lipinski definition) is 2. The molecule has 0 amide bonds. The maximum atomic E-state index is 4.67. The van der Waals surface area contributed by atoms with E-state index in [2.05, 4.69) is 57.6 Å². The quantitative estimate of drug-likeness (QED) is 0.741. The predicted molar refractivity (Wildman–Crippen MR) is 81.8 cm³/mol. The van der Waals surface area contributed by atoms with Crippen LogP contribution >= 0.6 is 0 Å². The first-order chi connectivity index (χ1) is 8.71. The van der Waals surface area contributed by atoms with Crippen LogP contribution in [0.4, 0.5) is 0 Å². The molecule has 102 valence electrons. The van der Waals surface area contributed by atoms with E-state index in [0.717, 1.165) is 11.3 Å². The highest BCUT2D eigenvalue weighted by molar-refractivity contribution is 5.86. The van der Waals surface area contributed by atoms with E-state index in [9.17, 15) is 0 Å². The lowest BCUT2D eigenvalue weighted by Crippen LogP contribution is -2.15. The van der Waals surface area contributed by atoms with Crippen molar-refractivity contribution in [2.45, 2.75) is 59.8 Å². The van der Waals surface area contributed by atoms with E-state index in [-0.39, 0.29) is 5.41 Å². The van der Waals surface area contributed by atoms with Crippen molar-refractivity contribution in [1.29, 1.82) is 0 Å². The molecule has 19 heavy (non-hydrogen) atoms. The van der Waals surface area contributed by atoms with Crippen molar-refractivity contribution in [2.75, 3.05) is 0 Å². The van der Waals surface area contributed by atoms with Gasteiger partial charge in [-0.1, -0.05) is 40.7 Å². The molecule has 0 atom stereocenters. The highest BCUT2D eigenvalue weighted by Crippen LogP contribution is 2.34. The highest BCUT2D eigenvalue weighted by atomic mass is 14.9. The molecule has 1 aromatic carbocycles. The van der Waals surface area contributed by atoms with E-state index < -0.39 is 0 Å². The van der Waals surface area contributed by atoms with Gasteiger partial charge < -0.3 is 0 Å². The van der Waals surface area contributed by atoms with Gasteiger partial charge in [0.15, 0.2) is 0 Å². The second kappa shape index (κ2) is 4.59. The molecule has 1 heterocycles. The van der Waals surface area contributed by atoms with Gasteiger partial charge in [0.1, 0.15) is 5.82 Å². The Balaban J connectivity index is 2.90. The van der Waals surface area contributed by atoms with Crippen molar-refractivity contribution < 1.29 is 0 Å². The van der Waals surface area contributed by atoms with Crippen LogP contribution in [0.2, 0.25) is 0 Å². The maximum absolute atomic E-state index is 4.67. The second-order valence-electron chi connectivity index (χ2n) is 6.72. The van der Waals surface area contributed by atoms with Gasteiger partial charge in [-0.15, -0.1) is 0 Å². The maximum Gasteiger partial charge on any atom is 0.125 e. The van der Waals surface area contributed by atoms with Gasteiger partial charge in [-0.2, -0.15) is 0 Å². The number of rotatable bonds is 1. The molecule has 0 N–H and O–H groups in total. The average molecular weight is 256 g/mol. The number of aryl methyl sites for hydroxylation is 2. The zero-order valence-electron chi connectivity index (χ0n) is 13.1. The topological polar surface area (TPSA) is 25.8 Å². The summed E-state index contributed by atoms with van der Waals surface area (Å²) in [6, 6.07) is 2.34. The number of aromatic nitrogens is 2. The Morgan fingerprint density at radius 3 is 2.26 bits per heavy atom. The summed E-state index contributed by atoms with van der Waals surface area (Å²) >= 11 is 0. The molecular weight excluding hydrogens is 232 g/mol. The Bertz CT molecular complexity index is 619. The first-order valence-corrected chi connectivity index (χ1v) is 6.99. The summed E-state index contributed by atoms with van der Waals surface area (Å²) in [5, 5.41) is 1.20. The summed E-state index contributed by atoms with van der Waals surface area (Å²) in [6.07, 6.45) is 1.98. The molecule has 2 aromatic rings. The van der Waals surface area contributed by atoms with E-state index in [4.69, 9.17) is 0 Å². The lowest BCUT2D eigenvalue weighted by molar-refractivity contribution is 0.585. The van der Waals surface area contributed by atoms with Crippen molar-refractivity contribution in [3.8, 4) is 0 Å². The Morgan fingerprint density at radius 1 is 1.11 bits per heavy atom. The molecule has 1 aromatic heterocycles. The summed E-state index contributed by atoms with van der Waals surface area (Å²) in [5.41, 5.74) is 5.30. The summed E-state index contributed by atoms with van der Waals surface area (Å²) in [7, 11) is 0. The summed E-state index contributed by atoms with van der Waals surface area (Å²) in [6.45, 7) is 15.4. The minimum Gasteiger partial charge on any atom is -0.241 e. The molecular formula is C17H24N2. The van der Waals surface area contributed by atoms with E-state index in [1.54, 1.807) is 0 Å². The van der Waals surface area contributed by atoms with Gasteiger partial charge in [-0.3, -0.25) is 0 Å². The van der Waals surface area contributed by atoms with Crippen LogP contribution in [0.5, 0.6) is 0 Å². The van der Waals surface area contributed by atoms with Crippen LogP contribution in [0.25, 0.3) is 10.9 Å². The molecule has 0 unspecified atom stereocenters. The van der Waals surface area contributed by atoms with Gasteiger partial charge >= 0.3 is 0 Å². The summed E-state index contributed by atoms with van der Waals surface area (Å²) in [4.78, 5) is 9.05. The van der Waals surface area contributed by atoms with Crippen molar-refractivity contribution in [3.63, 3.8) is 0 Å². The van der Waals surface area contributed by atoms with Crippen LogP contribution in [0.1, 0.15) is 63.1 Å². The lowest BCUT2D eigenvalue weighted by Gasteiger charge is -2.25. The molecule has 0 bridgehead atoms. The summed E-state index contributed by atoms with van der Waals surface area (Å²) < 4.78 is 0. The molecule has 0 radical (unpaired) electrons. The van der Waals surface area contributed by atoms with Crippen LogP contribution in [0.3, 0.4) is 0 Å². The molecule has 2 heteroatoms. The van der Waals surface area contributed by atoms with Gasteiger partial charge in [0.2, 0.25) is 0 Å². The molecule has 2 rings (SSSR count). The molecule has 0 fully saturated rings. The number of benzene rings is 1. The Hall–Kier alpha value is -1.44.